The highest BCUT2D eigenvalue weighted by atomic mass is 19.1. The van der Waals surface area contributed by atoms with Gasteiger partial charge in [-0.1, -0.05) is 6.92 Å². The predicted octanol–water partition coefficient (Wildman–Crippen LogP) is 1.22. The molecular formula is C13H17FN2O2. The number of benzene rings is 1. The second-order valence-electron chi connectivity index (χ2n) is 4.78. The van der Waals surface area contributed by atoms with Gasteiger partial charge in [0.05, 0.1) is 12.1 Å². The Bertz CT molecular complexity index is 427. The van der Waals surface area contributed by atoms with Crippen LogP contribution in [0.1, 0.15) is 13.3 Å². The number of anilines is 1. The molecule has 0 atom stereocenters. The minimum absolute atomic E-state index is 0.153. The van der Waals surface area contributed by atoms with Gasteiger partial charge in [-0.25, -0.2) is 4.39 Å². The van der Waals surface area contributed by atoms with Gasteiger partial charge in [-0.2, -0.15) is 0 Å². The molecule has 5 heteroatoms. The third-order valence-electron chi connectivity index (χ3n) is 3.19. The molecule has 1 saturated heterocycles. The fraction of sp³-hybridized carbons (Fsp3) is 0.462. The molecule has 1 aromatic carbocycles. The molecule has 2 N–H and O–H groups in total. The first-order chi connectivity index (χ1) is 8.50. The van der Waals surface area contributed by atoms with Gasteiger partial charge in [0.15, 0.2) is 0 Å². The maximum absolute atomic E-state index is 12.7. The fourth-order valence-corrected chi connectivity index (χ4v) is 2.06. The third-order valence-corrected chi connectivity index (χ3v) is 3.19. The Hall–Kier alpha value is -1.46. The van der Waals surface area contributed by atoms with E-state index in [9.17, 15) is 14.3 Å². The molecule has 1 amide bonds. The zero-order valence-corrected chi connectivity index (χ0v) is 10.3. The Balaban J connectivity index is 1.78. The summed E-state index contributed by atoms with van der Waals surface area (Å²) in [5.74, 6) is -0.483. The number of carbonyl (C=O) groups excluding carboxylic acids is 1. The van der Waals surface area contributed by atoms with Crippen molar-refractivity contribution in [3.8, 4) is 0 Å². The summed E-state index contributed by atoms with van der Waals surface area (Å²) in [5.41, 5.74) is -0.0523. The SMILES string of the molecule is CCC1(O)CN(CC(=O)Nc2ccc(F)cc2)C1. The number of amides is 1. The van der Waals surface area contributed by atoms with Crippen LogP contribution in [-0.2, 0) is 4.79 Å². The summed E-state index contributed by atoms with van der Waals surface area (Å²) in [7, 11) is 0. The predicted molar refractivity (Wildman–Crippen MR) is 66.7 cm³/mol. The molecule has 0 radical (unpaired) electrons. The summed E-state index contributed by atoms with van der Waals surface area (Å²) in [6.45, 7) is 3.23. The molecule has 2 rings (SSSR count). The summed E-state index contributed by atoms with van der Waals surface area (Å²) >= 11 is 0. The molecule has 4 nitrogen and oxygen atoms in total. The van der Waals surface area contributed by atoms with Crippen molar-refractivity contribution in [2.75, 3.05) is 25.0 Å². The van der Waals surface area contributed by atoms with Crippen molar-refractivity contribution in [3.05, 3.63) is 30.1 Å². The minimum atomic E-state index is -0.629. The summed E-state index contributed by atoms with van der Waals surface area (Å²) in [6.07, 6.45) is 0.698. The van der Waals surface area contributed by atoms with E-state index in [2.05, 4.69) is 5.32 Å². The van der Waals surface area contributed by atoms with Crippen molar-refractivity contribution < 1.29 is 14.3 Å². The van der Waals surface area contributed by atoms with E-state index in [1.165, 1.54) is 24.3 Å². The molecule has 0 aromatic heterocycles. The van der Waals surface area contributed by atoms with Crippen LogP contribution in [-0.4, -0.2) is 41.1 Å². The van der Waals surface area contributed by atoms with Gasteiger partial charge in [0, 0.05) is 18.8 Å². The molecular weight excluding hydrogens is 235 g/mol. The first-order valence-electron chi connectivity index (χ1n) is 6.01. The molecule has 18 heavy (non-hydrogen) atoms. The van der Waals surface area contributed by atoms with E-state index >= 15 is 0 Å². The smallest absolute Gasteiger partial charge is 0.238 e. The fourth-order valence-electron chi connectivity index (χ4n) is 2.06. The number of likely N-dealkylation sites (tertiary alicyclic amines) is 1. The van der Waals surface area contributed by atoms with Crippen LogP contribution in [0.25, 0.3) is 0 Å². The summed E-state index contributed by atoms with van der Waals surface area (Å²) < 4.78 is 12.7. The number of hydrogen-bond acceptors (Lipinski definition) is 3. The number of halogens is 1. The Kier molecular flexibility index (Phi) is 3.63. The van der Waals surface area contributed by atoms with Crippen LogP contribution >= 0.6 is 0 Å². The number of rotatable bonds is 4. The van der Waals surface area contributed by atoms with Crippen molar-refractivity contribution in [1.29, 1.82) is 0 Å². The molecule has 0 saturated carbocycles. The van der Waals surface area contributed by atoms with Crippen LogP contribution in [0.5, 0.6) is 0 Å². The standard InChI is InChI=1S/C13H17FN2O2/c1-2-13(18)8-16(9-13)7-12(17)15-11-5-3-10(14)4-6-11/h3-6,18H,2,7-9H2,1H3,(H,15,17). The summed E-state index contributed by atoms with van der Waals surface area (Å²) in [4.78, 5) is 13.5. The first-order valence-corrected chi connectivity index (χ1v) is 6.01. The maximum Gasteiger partial charge on any atom is 0.238 e. The Morgan fingerprint density at radius 3 is 2.61 bits per heavy atom. The number of aliphatic hydroxyl groups is 1. The number of β-amino-alcohol motifs (C(OH)–C–C–N with tert-alkyl or cyclic N) is 1. The first kappa shape index (κ1) is 13.0. The largest absolute Gasteiger partial charge is 0.387 e. The zero-order valence-electron chi connectivity index (χ0n) is 10.3. The molecule has 0 unspecified atom stereocenters. The molecule has 1 aliphatic rings. The van der Waals surface area contributed by atoms with Crippen molar-refractivity contribution in [3.63, 3.8) is 0 Å². The molecule has 1 heterocycles. The van der Waals surface area contributed by atoms with Crippen molar-refractivity contribution in [2.24, 2.45) is 0 Å². The van der Waals surface area contributed by atoms with Gasteiger partial charge < -0.3 is 10.4 Å². The van der Waals surface area contributed by atoms with Gasteiger partial charge in [0.2, 0.25) is 5.91 Å². The lowest BCUT2D eigenvalue weighted by molar-refractivity contribution is -0.128. The van der Waals surface area contributed by atoms with Crippen molar-refractivity contribution in [2.45, 2.75) is 18.9 Å². The highest BCUT2D eigenvalue weighted by Crippen LogP contribution is 2.23. The lowest BCUT2D eigenvalue weighted by Crippen LogP contribution is -2.62. The van der Waals surface area contributed by atoms with E-state index in [0.29, 0.717) is 25.2 Å². The average Bonchev–Trinajstić information content (AvgIpc) is 2.30. The van der Waals surface area contributed by atoms with Gasteiger partial charge >= 0.3 is 0 Å². The van der Waals surface area contributed by atoms with E-state index in [4.69, 9.17) is 0 Å². The Labute approximate surface area is 105 Å². The van der Waals surface area contributed by atoms with Crippen molar-refractivity contribution in [1.82, 2.24) is 4.90 Å². The van der Waals surface area contributed by atoms with E-state index in [1.807, 2.05) is 11.8 Å². The van der Waals surface area contributed by atoms with Crippen molar-refractivity contribution >= 4 is 11.6 Å². The van der Waals surface area contributed by atoms with E-state index in [-0.39, 0.29) is 18.3 Å². The van der Waals surface area contributed by atoms with Crippen LogP contribution < -0.4 is 5.32 Å². The molecule has 0 bridgehead atoms. The van der Waals surface area contributed by atoms with Gasteiger partial charge in [0.25, 0.3) is 0 Å². The molecule has 1 aromatic rings. The van der Waals surface area contributed by atoms with Gasteiger partial charge in [-0.15, -0.1) is 0 Å². The Morgan fingerprint density at radius 1 is 1.44 bits per heavy atom. The number of nitrogens with zero attached hydrogens (tertiary/aromatic N) is 1. The second-order valence-corrected chi connectivity index (χ2v) is 4.78. The average molecular weight is 252 g/mol. The minimum Gasteiger partial charge on any atom is -0.387 e. The Morgan fingerprint density at radius 2 is 2.06 bits per heavy atom. The highest BCUT2D eigenvalue weighted by Gasteiger charge is 2.39. The van der Waals surface area contributed by atoms with Crippen LogP contribution in [0.3, 0.4) is 0 Å². The molecule has 1 fully saturated rings. The van der Waals surface area contributed by atoms with Gasteiger partial charge in [-0.3, -0.25) is 9.69 Å². The van der Waals surface area contributed by atoms with Gasteiger partial charge in [-0.05, 0) is 30.7 Å². The quantitative estimate of drug-likeness (QED) is 0.847. The summed E-state index contributed by atoms with van der Waals surface area (Å²) in [5, 5.41) is 12.5. The molecule has 98 valence electrons. The van der Waals surface area contributed by atoms with E-state index in [0.717, 1.165) is 0 Å². The monoisotopic (exact) mass is 252 g/mol. The van der Waals surface area contributed by atoms with Crippen LogP contribution in [0.15, 0.2) is 24.3 Å². The van der Waals surface area contributed by atoms with Crippen LogP contribution in [0.4, 0.5) is 10.1 Å². The van der Waals surface area contributed by atoms with Crippen LogP contribution in [0.2, 0.25) is 0 Å². The zero-order chi connectivity index (χ0) is 13.2. The lowest BCUT2D eigenvalue weighted by Gasteiger charge is -2.45. The number of nitrogens with one attached hydrogen (secondary N) is 1. The van der Waals surface area contributed by atoms with E-state index in [1.54, 1.807) is 0 Å². The highest BCUT2D eigenvalue weighted by molar-refractivity contribution is 5.92. The number of carbonyl (C=O) groups is 1. The summed E-state index contributed by atoms with van der Waals surface area (Å²) in [6, 6.07) is 5.64. The molecule has 0 spiro atoms. The topological polar surface area (TPSA) is 52.6 Å². The number of hydrogen-bond donors (Lipinski definition) is 2. The van der Waals surface area contributed by atoms with E-state index < -0.39 is 5.60 Å². The van der Waals surface area contributed by atoms with Crippen LogP contribution in [0, 0.1) is 5.82 Å². The normalized spacial score (nSPS) is 18.2. The molecule has 1 aliphatic heterocycles. The second kappa shape index (κ2) is 5.04. The van der Waals surface area contributed by atoms with Gasteiger partial charge in [0.1, 0.15) is 5.82 Å². The third kappa shape index (κ3) is 3.05. The molecule has 0 aliphatic carbocycles. The lowest BCUT2D eigenvalue weighted by atomic mass is 9.91. The maximum atomic E-state index is 12.7.